The molecule has 0 atom stereocenters. The third kappa shape index (κ3) is 4.94. The van der Waals surface area contributed by atoms with E-state index in [0.717, 1.165) is 17.1 Å². The summed E-state index contributed by atoms with van der Waals surface area (Å²) in [5, 5.41) is 2.49. The maximum Gasteiger partial charge on any atom is 0.0540 e. The topological polar surface area (TPSA) is 3.24 Å². The van der Waals surface area contributed by atoms with Gasteiger partial charge in [-0.1, -0.05) is 172 Å². The van der Waals surface area contributed by atoms with Crippen molar-refractivity contribution in [1.29, 1.82) is 0 Å². The van der Waals surface area contributed by atoms with E-state index >= 15 is 0 Å². The fourth-order valence-corrected chi connectivity index (χ4v) is 8.01. The first-order valence-corrected chi connectivity index (χ1v) is 17.4. The molecule has 8 aromatic carbocycles. The van der Waals surface area contributed by atoms with Crippen LogP contribution in [0.1, 0.15) is 25.0 Å². The predicted molar refractivity (Wildman–Crippen MR) is 213 cm³/mol. The van der Waals surface area contributed by atoms with Crippen molar-refractivity contribution in [3.63, 3.8) is 0 Å². The van der Waals surface area contributed by atoms with Gasteiger partial charge in [-0.2, -0.15) is 0 Å². The van der Waals surface area contributed by atoms with Gasteiger partial charge in [-0.15, -0.1) is 0 Å². The average Bonchev–Trinajstić information content (AvgIpc) is 3.41. The molecule has 238 valence electrons. The Morgan fingerprint density at radius 3 is 1.64 bits per heavy atom. The lowest BCUT2D eigenvalue weighted by Gasteiger charge is -2.30. The van der Waals surface area contributed by atoms with Crippen molar-refractivity contribution in [3.8, 4) is 44.5 Å². The lowest BCUT2D eigenvalue weighted by atomic mass is 9.82. The summed E-state index contributed by atoms with van der Waals surface area (Å²) < 4.78 is 0. The van der Waals surface area contributed by atoms with E-state index in [-0.39, 0.29) is 5.41 Å². The molecule has 0 fully saturated rings. The number of hydrogen-bond donors (Lipinski definition) is 0. The van der Waals surface area contributed by atoms with Gasteiger partial charge in [0.05, 0.1) is 5.69 Å². The number of hydrogen-bond acceptors (Lipinski definition) is 1. The van der Waals surface area contributed by atoms with Crippen molar-refractivity contribution in [2.24, 2.45) is 0 Å². The van der Waals surface area contributed by atoms with E-state index in [1.54, 1.807) is 0 Å². The maximum absolute atomic E-state index is 2.45. The third-order valence-electron chi connectivity index (χ3n) is 10.5. The second kappa shape index (κ2) is 12.1. The van der Waals surface area contributed by atoms with Crippen molar-refractivity contribution in [1.82, 2.24) is 0 Å². The summed E-state index contributed by atoms with van der Waals surface area (Å²) in [6, 6.07) is 68.6. The van der Waals surface area contributed by atoms with Crippen molar-refractivity contribution in [3.05, 3.63) is 199 Å². The van der Waals surface area contributed by atoms with Crippen LogP contribution in [-0.2, 0) is 5.41 Å². The van der Waals surface area contributed by atoms with Crippen molar-refractivity contribution in [2.75, 3.05) is 4.90 Å². The third-order valence-corrected chi connectivity index (χ3v) is 10.5. The minimum Gasteiger partial charge on any atom is -0.310 e. The Morgan fingerprint density at radius 2 is 0.900 bits per heavy atom. The fraction of sp³-hybridized carbons (Fsp3) is 0.0612. The van der Waals surface area contributed by atoms with Gasteiger partial charge in [-0.25, -0.2) is 0 Å². The molecule has 0 bridgehead atoms. The van der Waals surface area contributed by atoms with Gasteiger partial charge in [-0.3, -0.25) is 0 Å². The van der Waals surface area contributed by atoms with E-state index in [0.29, 0.717) is 0 Å². The smallest absolute Gasteiger partial charge is 0.0540 e. The first-order chi connectivity index (χ1) is 24.6. The van der Waals surface area contributed by atoms with E-state index in [1.807, 2.05) is 0 Å². The van der Waals surface area contributed by atoms with Gasteiger partial charge in [0.1, 0.15) is 0 Å². The van der Waals surface area contributed by atoms with Crippen LogP contribution < -0.4 is 4.90 Å². The molecule has 0 aliphatic heterocycles. The molecule has 0 saturated heterocycles. The Bertz CT molecular complexity index is 2490. The van der Waals surface area contributed by atoms with Crippen LogP contribution in [0.15, 0.2) is 188 Å². The minimum absolute atomic E-state index is 0.107. The molecule has 0 unspecified atom stereocenters. The molecule has 1 nitrogen and oxygen atoms in total. The zero-order valence-electron chi connectivity index (χ0n) is 28.3. The predicted octanol–water partition coefficient (Wildman–Crippen LogP) is 13.6. The average molecular weight is 640 g/mol. The van der Waals surface area contributed by atoms with Crippen molar-refractivity contribution < 1.29 is 0 Å². The molecular weight excluding hydrogens is 603 g/mol. The summed E-state index contributed by atoms with van der Waals surface area (Å²) in [7, 11) is 0. The summed E-state index contributed by atoms with van der Waals surface area (Å²) in [4.78, 5) is 2.45. The number of rotatable bonds is 6. The molecule has 0 aromatic heterocycles. The number of anilines is 3. The molecule has 1 heteroatoms. The second-order valence-corrected chi connectivity index (χ2v) is 13.7. The van der Waals surface area contributed by atoms with E-state index in [9.17, 15) is 0 Å². The second-order valence-electron chi connectivity index (χ2n) is 13.7. The first-order valence-electron chi connectivity index (χ1n) is 17.4. The van der Waals surface area contributed by atoms with Gasteiger partial charge in [0.15, 0.2) is 0 Å². The molecule has 1 aliphatic rings. The Morgan fingerprint density at radius 1 is 0.360 bits per heavy atom. The number of nitrogens with zero attached hydrogens (tertiary/aromatic N) is 1. The molecule has 9 rings (SSSR count). The minimum atomic E-state index is -0.107. The van der Waals surface area contributed by atoms with Crippen LogP contribution in [0.25, 0.3) is 55.3 Å². The van der Waals surface area contributed by atoms with Crippen molar-refractivity contribution in [2.45, 2.75) is 19.3 Å². The van der Waals surface area contributed by atoms with Gasteiger partial charge in [0, 0.05) is 22.4 Å². The number of fused-ring (bicyclic) bond motifs is 4. The zero-order chi connectivity index (χ0) is 33.7. The van der Waals surface area contributed by atoms with E-state index in [2.05, 4.69) is 207 Å². The standard InChI is InChI=1S/C49H37N/c1-49(2)45-25-11-9-21-41(45)42-32-31-39(33-46(42)49)50(38-29-27-35(28-30-38)34-15-5-3-6-16-34)47-26-12-10-22-43(47)44-24-14-20-37-19-13-23-40(48(37)44)36-17-7-4-8-18-36/h3-33H,1-2H3. The number of benzene rings is 8. The quantitative estimate of drug-likeness (QED) is 0.175. The highest BCUT2D eigenvalue weighted by atomic mass is 15.1. The molecule has 0 spiro atoms. The Hall–Kier alpha value is -6.18. The van der Waals surface area contributed by atoms with Gasteiger partial charge in [-0.05, 0) is 91.2 Å². The molecule has 0 saturated carbocycles. The molecule has 0 radical (unpaired) electrons. The zero-order valence-corrected chi connectivity index (χ0v) is 28.3. The van der Waals surface area contributed by atoms with Crippen LogP contribution in [0.4, 0.5) is 17.1 Å². The van der Waals surface area contributed by atoms with E-state index in [1.165, 1.54) is 66.4 Å². The first kappa shape index (κ1) is 29.9. The van der Waals surface area contributed by atoms with Gasteiger partial charge in [0.25, 0.3) is 0 Å². The highest BCUT2D eigenvalue weighted by Crippen LogP contribution is 2.51. The number of para-hydroxylation sites is 1. The van der Waals surface area contributed by atoms with Gasteiger partial charge in [0.2, 0.25) is 0 Å². The fourth-order valence-electron chi connectivity index (χ4n) is 8.01. The lowest BCUT2D eigenvalue weighted by Crippen LogP contribution is -2.16. The lowest BCUT2D eigenvalue weighted by molar-refractivity contribution is 0.660. The van der Waals surface area contributed by atoms with E-state index in [4.69, 9.17) is 0 Å². The highest BCUT2D eigenvalue weighted by Gasteiger charge is 2.36. The molecule has 8 aromatic rings. The normalized spacial score (nSPS) is 12.8. The van der Waals surface area contributed by atoms with Crippen LogP contribution in [0.3, 0.4) is 0 Å². The summed E-state index contributed by atoms with van der Waals surface area (Å²) in [5.41, 5.74) is 16.0. The van der Waals surface area contributed by atoms with Crippen LogP contribution in [0.2, 0.25) is 0 Å². The molecule has 50 heavy (non-hydrogen) atoms. The molecule has 0 heterocycles. The highest BCUT2D eigenvalue weighted by molar-refractivity contribution is 6.08. The molecule has 1 aliphatic carbocycles. The molecular formula is C49H37N. The van der Waals surface area contributed by atoms with Crippen LogP contribution in [-0.4, -0.2) is 0 Å². The van der Waals surface area contributed by atoms with Crippen LogP contribution >= 0.6 is 0 Å². The summed E-state index contributed by atoms with van der Waals surface area (Å²) >= 11 is 0. The van der Waals surface area contributed by atoms with Crippen LogP contribution in [0, 0.1) is 0 Å². The van der Waals surface area contributed by atoms with Crippen LogP contribution in [0.5, 0.6) is 0 Å². The maximum atomic E-state index is 2.45. The summed E-state index contributed by atoms with van der Waals surface area (Å²) in [6.07, 6.45) is 0. The molecule has 0 amide bonds. The summed E-state index contributed by atoms with van der Waals surface area (Å²) in [5.74, 6) is 0. The largest absolute Gasteiger partial charge is 0.310 e. The Balaban J connectivity index is 1.27. The monoisotopic (exact) mass is 639 g/mol. The summed E-state index contributed by atoms with van der Waals surface area (Å²) in [6.45, 7) is 4.71. The van der Waals surface area contributed by atoms with Gasteiger partial charge >= 0.3 is 0 Å². The Labute approximate surface area is 294 Å². The van der Waals surface area contributed by atoms with E-state index < -0.39 is 0 Å². The van der Waals surface area contributed by atoms with Crippen molar-refractivity contribution >= 4 is 27.8 Å². The molecule has 0 N–H and O–H groups in total. The Kier molecular flexibility index (Phi) is 7.21. The van der Waals surface area contributed by atoms with Gasteiger partial charge < -0.3 is 4.90 Å². The SMILES string of the molecule is CC1(C)c2ccccc2-c2ccc(N(c3ccc(-c4ccccc4)cc3)c3ccccc3-c3cccc4cccc(-c5ccccc5)c34)cc21.